The maximum Gasteiger partial charge on any atom is 0.259 e. The number of nitrogens with zero attached hydrogens (tertiary/aromatic N) is 2. The molecule has 0 amide bonds. The number of aromatic hydroxyl groups is 1. The van der Waals surface area contributed by atoms with Crippen molar-refractivity contribution in [3.05, 3.63) is 29.0 Å². The van der Waals surface area contributed by atoms with E-state index in [1.807, 2.05) is 0 Å². The molecule has 6 heteroatoms. The third kappa shape index (κ3) is 3.88. The fraction of sp³-hybridized carbons (Fsp3) is 0.385. The monoisotopic (exact) mass is 298 g/mol. The van der Waals surface area contributed by atoms with Gasteiger partial charge in [-0.3, -0.25) is 0 Å². The van der Waals surface area contributed by atoms with Crippen molar-refractivity contribution in [1.82, 2.24) is 10.1 Å². The van der Waals surface area contributed by atoms with Gasteiger partial charge in [0.1, 0.15) is 5.75 Å². The van der Waals surface area contributed by atoms with Crippen LogP contribution in [0, 0.1) is 0 Å². The molecule has 4 nitrogen and oxygen atoms in total. The maximum atomic E-state index is 9.46. The Hall–Kier alpha value is -1.20. The number of halogens is 1. The van der Waals surface area contributed by atoms with Gasteiger partial charge in [-0.2, -0.15) is 4.98 Å². The lowest BCUT2D eigenvalue weighted by molar-refractivity contribution is 0.424. The average molecular weight is 299 g/mol. The van der Waals surface area contributed by atoms with Crippen LogP contribution in [0.3, 0.4) is 0 Å². The third-order valence-electron chi connectivity index (χ3n) is 2.28. The largest absolute Gasteiger partial charge is 0.508 e. The molecule has 0 saturated heterocycles. The number of hydrogen-bond donors (Lipinski definition) is 1. The Bertz CT molecular complexity index is 578. The lowest BCUT2D eigenvalue weighted by Crippen LogP contribution is -2.07. The maximum absolute atomic E-state index is 9.46. The van der Waals surface area contributed by atoms with Gasteiger partial charge in [-0.1, -0.05) is 37.5 Å². The van der Waals surface area contributed by atoms with Gasteiger partial charge in [0.25, 0.3) is 5.89 Å². The van der Waals surface area contributed by atoms with Crippen LogP contribution in [0.4, 0.5) is 0 Å². The van der Waals surface area contributed by atoms with Crippen molar-refractivity contribution in [1.29, 1.82) is 0 Å². The summed E-state index contributed by atoms with van der Waals surface area (Å²) in [5.74, 6) is 1.73. The van der Waals surface area contributed by atoms with Crippen molar-refractivity contribution in [3.63, 3.8) is 0 Å². The Morgan fingerprint density at radius 3 is 2.79 bits per heavy atom. The van der Waals surface area contributed by atoms with Gasteiger partial charge in [-0.05, 0) is 18.2 Å². The summed E-state index contributed by atoms with van der Waals surface area (Å²) in [4.78, 5) is 4.29. The Labute approximate surface area is 121 Å². The van der Waals surface area contributed by atoms with Gasteiger partial charge in [-0.15, -0.1) is 11.8 Å². The highest BCUT2D eigenvalue weighted by atomic mass is 35.5. The molecule has 0 aliphatic carbocycles. The molecular weight excluding hydrogens is 284 g/mol. The molecule has 0 spiro atoms. The van der Waals surface area contributed by atoms with Gasteiger partial charge in [-0.25, -0.2) is 0 Å². The number of phenolic OH excluding ortho intramolecular Hbond substituents is 1. The van der Waals surface area contributed by atoms with Crippen LogP contribution in [0.5, 0.6) is 5.75 Å². The van der Waals surface area contributed by atoms with E-state index in [1.165, 1.54) is 12.1 Å². The topological polar surface area (TPSA) is 59.2 Å². The predicted molar refractivity (Wildman–Crippen MR) is 77.5 cm³/mol. The Balaban J connectivity index is 2.19. The molecule has 2 aromatic rings. The number of hydrogen-bond acceptors (Lipinski definition) is 5. The van der Waals surface area contributed by atoms with Gasteiger partial charge >= 0.3 is 0 Å². The summed E-state index contributed by atoms with van der Waals surface area (Å²) in [5.41, 5.74) is 0.543. The van der Waals surface area contributed by atoms with E-state index in [0.717, 1.165) is 0 Å². The highest BCUT2D eigenvalue weighted by Gasteiger charge is 2.16. The quantitative estimate of drug-likeness (QED) is 0.923. The van der Waals surface area contributed by atoms with Crippen LogP contribution in [-0.4, -0.2) is 20.0 Å². The molecule has 0 bridgehead atoms. The average Bonchev–Trinajstić information content (AvgIpc) is 2.77. The van der Waals surface area contributed by atoms with Gasteiger partial charge in [0, 0.05) is 4.75 Å². The molecular formula is C13H15ClN2O2S. The normalized spacial score (nSPS) is 11.8. The molecule has 102 valence electrons. The number of aromatic nitrogens is 2. The second-order valence-electron chi connectivity index (χ2n) is 5.08. The van der Waals surface area contributed by atoms with Crippen LogP contribution in [0.15, 0.2) is 22.7 Å². The van der Waals surface area contributed by atoms with E-state index in [4.69, 9.17) is 16.1 Å². The molecule has 0 fully saturated rings. The smallest absolute Gasteiger partial charge is 0.259 e. The van der Waals surface area contributed by atoms with Gasteiger partial charge in [0.05, 0.1) is 16.3 Å². The number of phenols is 1. The fourth-order valence-electron chi connectivity index (χ4n) is 1.38. The van der Waals surface area contributed by atoms with Gasteiger partial charge in [0.15, 0.2) is 5.82 Å². The van der Waals surface area contributed by atoms with Gasteiger partial charge in [0.2, 0.25) is 0 Å². The number of thioether (sulfide) groups is 1. The molecule has 1 aromatic carbocycles. The first-order valence-electron chi connectivity index (χ1n) is 5.80. The van der Waals surface area contributed by atoms with E-state index in [-0.39, 0.29) is 10.5 Å². The zero-order valence-corrected chi connectivity index (χ0v) is 12.5. The lowest BCUT2D eigenvalue weighted by Gasteiger charge is -2.15. The third-order valence-corrected chi connectivity index (χ3v) is 3.88. The Morgan fingerprint density at radius 1 is 1.37 bits per heavy atom. The number of rotatable bonds is 3. The van der Waals surface area contributed by atoms with E-state index >= 15 is 0 Å². The van der Waals surface area contributed by atoms with Crippen molar-refractivity contribution < 1.29 is 9.63 Å². The van der Waals surface area contributed by atoms with Crippen molar-refractivity contribution in [2.24, 2.45) is 0 Å². The molecule has 0 aliphatic heterocycles. The van der Waals surface area contributed by atoms with E-state index < -0.39 is 0 Å². The molecule has 1 heterocycles. The summed E-state index contributed by atoms with van der Waals surface area (Å²) in [6.07, 6.45) is 0. The van der Waals surface area contributed by atoms with Crippen molar-refractivity contribution in [2.45, 2.75) is 31.3 Å². The summed E-state index contributed by atoms with van der Waals surface area (Å²) < 4.78 is 5.32. The minimum Gasteiger partial charge on any atom is -0.508 e. The SMILES string of the molecule is CC(C)(C)SCc1noc(-c2cc(O)ccc2Cl)n1. The minimum atomic E-state index is 0.114. The summed E-state index contributed by atoms with van der Waals surface area (Å²) in [6.45, 7) is 6.39. The second-order valence-corrected chi connectivity index (χ2v) is 7.29. The summed E-state index contributed by atoms with van der Waals surface area (Å²) in [6, 6.07) is 4.62. The van der Waals surface area contributed by atoms with E-state index in [1.54, 1.807) is 17.8 Å². The molecule has 0 radical (unpaired) electrons. The first-order valence-corrected chi connectivity index (χ1v) is 7.17. The molecule has 0 atom stereocenters. The highest BCUT2D eigenvalue weighted by Crippen LogP contribution is 2.31. The Morgan fingerprint density at radius 2 is 2.11 bits per heavy atom. The summed E-state index contributed by atoms with van der Waals surface area (Å²) in [7, 11) is 0. The molecule has 0 aliphatic rings. The summed E-state index contributed by atoms with van der Waals surface area (Å²) in [5, 5.41) is 13.9. The van der Waals surface area contributed by atoms with E-state index in [2.05, 4.69) is 30.9 Å². The zero-order chi connectivity index (χ0) is 14.0. The van der Waals surface area contributed by atoms with Crippen LogP contribution in [0.25, 0.3) is 11.5 Å². The van der Waals surface area contributed by atoms with Gasteiger partial charge < -0.3 is 9.63 Å². The second kappa shape index (κ2) is 5.43. The van der Waals surface area contributed by atoms with Crippen LogP contribution < -0.4 is 0 Å². The van der Waals surface area contributed by atoms with Crippen molar-refractivity contribution in [2.75, 3.05) is 0 Å². The van der Waals surface area contributed by atoms with Crippen molar-refractivity contribution >= 4 is 23.4 Å². The standard InChI is InChI=1S/C13H15ClN2O2S/c1-13(2,3)19-7-11-15-12(18-16-11)9-6-8(17)4-5-10(9)14/h4-6,17H,7H2,1-3H3. The van der Waals surface area contributed by atoms with E-state index in [0.29, 0.717) is 28.1 Å². The molecule has 0 unspecified atom stereocenters. The van der Waals surface area contributed by atoms with Crippen molar-refractivity contribution in [3.8, 4) is 17.2 Å². The first-order chi connectivity index (χ1) is 8.85. The van der Waals surface area contributed by atoms with Crippen LogP contribution in [0.1, 0.15) is 26.6 Å². The molecule has 0 saturated carbocycles. The lowest BCUT2D eigenvalue weighted by atomic mass is 10.2. The molecule has 1 aromatic heterocycles. The first kappa shape index (κ1) is 14.2. The predicted octanol–water partition coefficient (Wildman–Crippen LogP) is 4.13. The highest BCUT2D eigenvalue weighted by molar-refractivity contribution is 7.99. The fourth-order valence-corrected chi connectivity index (χ4v) is 2.26. The van der Waals surface area contributed by atoms with Crippen LogP contribution in [-0.2, 0) is 5.75 Å². The molecule has 2 rings (SSSR count). The van der Waals surface area contributed by atoms with E-state index in [9.17, 15) is 5.11 Å². The molecule has 19 heavy (non-hydrogen) atoms. The van der Waals surface area contributed by atoms with Crippen LogP contribution in [0.2, 0.25) is 5.02 Å². The number of benzene rings is 1. The van der Waals surface area contributed by atoms with Crippen LogP contribution >= 0.6 is 23.4 Å². The minimum absolute atomic E-state index is 0.114. The zero-order valence-electron chi connectivity index (χ0n) is 11.0. The Kier molecular flexibility index (Phi) is 4.06. The molecule has 1 N–H and O–H groups in total. The summed E-state index contributed by atoms with van der Waals surface area (Å²) >= 11 is 7.78.